The summed E-state index contributed by atoms with van der Waals surface area (Å²) in [5.74, 6) is -0.895. The number of phenols is 3. The number of nitrogens with one attached hydrogen (secondary N) is 2. The van der Waals surface area contributed by atoms with E-state index in [1.807, 2.05) is 60.7 Å². The maximum absolute atomic E-state index is 11.9. The smallest absolute Gasteiger partial charge is 0.295 e. The molecule has 0 aliphatic carbocycles. The number of para-hydroxylation sites is 2. The number of benzene rings is 12. The molecule has 0 spiro atoms. The summed E-state index contributed by atoms with van der Waals surface area (Å²) in [5.41, 5.74) is 10.8. The molecule has 0 aromatic heterocycles. The summed E-state index contributed by atoms with van der Waals surface area (Å²) in [6.45, 7) is 3.57. The quantitative estimate of drug-likeness (QED) is 0.00878. The number of anilines is 5. The molecule has 0 aliphatic rings. The van der Waals surface area contributed by atoms with E-state index in [4.69, 9.17) is 19.9 Å². The predicted octanol–water partition coefficient (Wildman–Crippen LogP) is 24.3. The van der Waals surface area contributed by atoms with E-state index in [9.17, 15) is 82.9 Å². The van der Waals surface area contributed by atoms with Gasteiger partial charge in [0, 0.05) is 80.5 Å². The van der Waals surface area contributed by atoms with Crippen LogP contribution < -0.4 is 30.6 Å². The number of fused-ring (bicyclic) bond motifs is 2. The van der Waals surface area contributed by atoms with Crippen molar-refractivity contribution in [2.45, 2.75) is 38.3 Å². The van der Waals surface area contributed by atoms with Gasteiger partial charge in [0.05, 0.1) is 63.7 Å². The van der Waals surface area contributed by atoms with Gasteiger partial charge in [-0.05, 0) is 180 Å². The van der Waals surface area contributed by atoms with Crippen LogP contribution in [0.15, 0.2) is 282 Å². The molecule has 603 valence electrons. The molecule has 0 bridgehead atoms. The Kier molecular flexibility index (Phi) is 26.8. The van der Waals surface area contributed by atoms with Gasteiger partial charge in [0.15, 0.2) is 11.5 Å². The number of phenolic OH excluding ortho intramolecular Hbond substituents is 3. The fraction of sp³-hybridized carbons (Fsp3) is 0.0667. The Morgan fingerprint density at radius 2 is 0.748 bits per heavy atom. The van der Waals surface area contributed by atoms with Gasteiger partial charge in [-0.1, -0.05) is 60.7 Å². The molecule has 0 aliphatic heterocycles. The molecule has 34 nitrogen and oxygen atoms in total. The summed E-state index contributed by atoms with van der Waals surface area (Å²) in [6, 6.07) is 53.2. The van der Waals surface area contributed by atoms with Crippen LogP contribution in [0.25, 0.3) is 33.7 Å². The number of aryl methyl sites for hydroxylation is 2. The minimum absolute atomic E-state index is 0. The summed E-state index contributed by atoms with van der Waals surface area (Å²) in [4.78, 5) is -1.90. The van der Waals surface area contributed by atoms with Gasteiger partial charge < -0.3 is 101 Å². The number of nitrogen functional groups attached to an aromatic ring is 1. The molecule has 0 heterocycles. The van der Waals surface area contributed by atoms with Gasteiger partial charge in [0.2, 0.25) is 0 Å². The number of methoxy groups -OCH3 is 3. The van der Waals surface area contributed by atoms with E-state index in [-0.39, 0.29) is 84.1 Å². The monoisotopic (exact) mass is 1710 g/mol. The van der Waals surface area contributed by atoms with Crippen molar-refractivity contribution >= 4 is 173 Å². The Bertz CT molecular complexity index is 5960. The van der Waals surface area contributed by atoms with Crippen molar-refractivity contribution < 1.29 is 114 Å². The second kappa shape index (κ2) is 35.9. The maximum Gasteiger partial charge on any atom is 0.295 e. The molecule has 12 rings (SSSR count). The van der Waals surface area contributed by atoms with E-state index in [1.165, 1.54) is 100 Å². The summed E-state index contributed by atoms with van der Waals surface area (Å²) in [7, 11) is -17.5. The van der Waals surface area contributed by atoms with Gasteiger partial charge in [0.1, 0.15) is 106 Å². The third-order valence-electron chi connectivity index (χ3n) is 16.6. The van der Waals surface area contributed by atoms with Gasteiger partial charge in [-0.3, -0.25) is 4.55 Å². The van der Waals surface area contributed by atoms with Crippen molar-refractivity contribution in [3.05, 3.63) is 229 Å². The summed E-state index contributed by atoms with van der Waals surface area (Å²) >= 11 is 0. The number of rotatable bonds is 24. The molecule has 1 radical (unpaired) electrons. The van der Waals surface area contributed by atoms with Gasteiger partial charge in [-0.15, -0.1) is 30.7 Å². The molecule has 115 heavy (non-hydrogen) atoms. The first-order valence-corrected chi connectivity index (χ1v) is 40.3. The van der Waals surface area contributed by atoms with E-state index in [2.05, 4.69) is 61.8 Å². The Morgan fingerprint density at radius 1 is 0.357 bits per heavy atom. The standard InChI is InChI=1S/C38H37N7O9S2.C37H34N6O12S3.Cu/c1-22-16-32(34(53-3)20-30(22)41-40-26-10-13-28(14-11-26)55(47,48)49)43-42-31-21-35(54-4)33(17-23(31)2)44-45-37-36(56(50,51)52)19-24-18-27(12-15-29(24)38(37)46)39-25-8-6-5-7-9-25;1-55-32-20-29(41-43-36-35(58(52,53)54)16-23-15-26(13-14-28(23)37(36)45)39-25-5-3-2-4-6-25)31(44)19-30(32)42-40-27-12-10-22(34(18-27)57(49,50)51)8-7-21-9-11-24(38)17-33(21)56(46,47)48;/h5-21,39,46-52H,1-4H3;2-20,39,44-45,49-54H,38H2,1H3,(H,46,47,48);. The van der Waals surface area contributed by atoms with Crippen LogP contribution in [0.1, 0.15) is 22.3 Å². The number of hydrogen-bond donors (Lipinski definition) is 19. The van der Waals surface area contributed by atoms with Gasteiger partial charge >= 0.3 is 0 Å². The van der Waals surface area contributed by atoms with Crippen LogP contribution in [0.2, 0.25) is 0 Å². The fourth-order valence-corrected chi connectivity index (χ4v) is 14.3. The van der Waals surface area contributed by atoms with Crippen LogP contribution in [0.5, 0.6) is 34.5 Å². The summed E-state index contributed by atoms with van der Waals surface area (Å²) in [6.07, 6.45) is 2.51. The van der Waals surface area contributed by atoms with Crippen LogP contribution in [-0.2, 0) is 27.2 Å². The van der Waals surface area contributed by atoms with Crippen LogP contribution >= 0.6 is 43.5 Å². The van der Waals surface area contributed by atoms with Crippen molar-refractivity contribution in [1.82, 2.24) is 0 Å². The van der Waals surface area contributed by atoms with E-state index in [0.29, 0.717) is 67.2 Å². The second-order valence-corrected chi connectivity index (χ2v) is 31.9. The Labute approximate surface area is 672 Å². The van der Waals surface area contributed by atoms with Crippen molar-refractivity contribution in [2.24, 2.45) is 51.1 Å². The van der Waals surface area contributed by atoms with Crippen molar-refractivity contribution in [3.63, 3.8) is 0 Å². The number of nitrogens with two attached hydrogens (primary N) is 1. The van der Waals surface area contributed by atoms with Crippen molar-refractivity contribution in [2.75, 3.05) is 37.7 Å². The summed E-state index contributed by atoms with van der Waals surface area (Å²) in [5, 5.41) is 82.7. The third-order valence-corrected chi connectivity index (χ3v) is 21.2. The van der Waals surface area contributed by atoms with Crippen LogP contribution in [0, 0.1) is 13.8 Å². The summed E-state index contributed by atoms with van der Waals surface area (Å²) < 4.78 is 170. The number of ether oxygens (including phenoxy) is 3. The zero-order chi connectivity index (χ0) is 82.2. The van der Waals surface area contributed by atoms with Gasteiger partial charge in [-0.2, -0.15) is 28.9 Å². The zero-order valence-electron chi connectivity index (χ0n) is 60.4. The molecule has 0 saturated carbocycles. The average molecular weight is 1710 g/mol. The molecule has 12 aromatic carbocycles. The second-order valence-electron chi connectivity index (χ2n) is 24.5. The predicted molar refractivity (Wildman–Crippen MR) is 439 cm³/mol. The molecule has 0 amide bonds. The molecule has 0 saturated heterocycles. The largest absolute Gasteiger partial charge is 0.506 e. The molecular weight excluding hydrogens is 1640 g/mol. The van der Waals surface area contributed by atoms with Crippen LogP contribution in [0.4, 0.5) is 85.3 Å². The minimum atomic E-state index is -4.67. The topological polar surface area (TPSA) is 559 Å². The fourth-order valence-electron chi connectivity index (χ4n) is 11.0. The maximum atomic E-state index is 11.9. The first-order chi connectivity index (χ1) is 53.9. The molecule has 40 heteroatoms. The number of aromatic hydroxyl groups is 3. The van der Waals surface area contributed by atoms with Crippen molar-refractivity contribution in [3.8, 4) is 34.5 Å². The van der Waals surface area contributed by atoms with Gasteiger partial charge in [0.25, 0.3) is 10.1 Å². The first kappa shape index (κ1) is 85.9. The van der Waals surface area contributed by atoms with E-state index in [0.717, 1.165) is 29.6 Å². The number of nitrogens with zero attached hydrogens (tertiary/aromatic N) is 10. The average Bonchev–Trinajstić information content (AvgIpc) is 0.767. The van der Waals surface area contributed by atoms with Gasteiger partial charge in [-0.25, -0.2) is 0 Å². The zero-order valence-corrected chi connectivity index (χ0v) is 65.4. The number of azo groups is 5. The molecule has 12 aromatic rings. The van der Waals surface area contributed by atoms with E-state index < -0.39 is 96.1 Å². The van der Waals surface area contributed by atoms with Crippen LogP contribution in [-0.4, -0.2) is 104 Å². The molecule has 0 atom stereocenters. The SMILES string of the molecule is COc1cc(N=Nc2c(S(O)(O)O)cc3cc(Nc4ccccc4)ccc3c2O)c(O)cc1N=Nc1ccc(C=Cc2ccc(N)cc2S(=O)(=O)O)c(S(O)(O)O)c1.COc1cc(N=Nc2ccc(S(O)(O)O)cc2)c(C)cc1N=Nc1cc(OC)c(N=Nc2c(S(O)(O)O)cc3cc(Nc4ccccc4)ccc3c2O)cc1C.[Cu]. The minimum Gasteiger partial charge on any atom is -0.506 e. The first-order valence-electron chi connectivity index (χ1n) is 32.9. The molecule has 0 fully saturated rings. The number of hydrogen-bond acceptors (Lipinski definition) is 33. The van der Waals surface area contributed by atoms with E-state index in [1.54, 1.807) is 74.5 Å². The van der Waals surface area contributed by atoms with Crippen molar-refractivity contribution in [1.29, 1.82) is 0 Å². The third kappa shape index (κ3) is 21.3. The Hall–Kier alpha value is -11.6. The molecule has 20 N–H and O–H groups in total. The van der Waals surface area contributed by atoms with Crippen LogP contribution in [0.3, 0.4) is 0 Å². The van der Waals surface area contributed by atoms with E-state index >= 15 is 0 Å². The Balaban J connectivity index is 0.000000241. The normalized spacial score (nSPS) is 12.9. The molecule has 0 unspecified atom stereocenters. The molecular formula is C75H71CuN13O21S5. The Morgan fingerprint density at radius 3 is 1.20 bits per heavy atom.